The van der Waals surface area contributed by atoms with Gasteiger partial charge in [0, 0.05) is 22.3 Å². The average Bonchev–Trinajstić information content (AvgIpc) is 2.83. The van der Waals surface area contributed by atoms with Crippen LogP contribution in [0.5, 0.6) is 0 Å². The lowest BCUT2D eigenvalue weighted by molar-refractivity contribution is 0.523. The van der Waals surface area contributed by atoms with Gasteiger partial charge in [-0.1, -0.05) is 28.9 Å². The Morgan fingerprint density at radius 2 is 2.15 bits per heavy atom. The van der Waals surface area contributed by atoms with Gasteiger partial charge < -0.3 is 5.32 Å². The number of benzene rings is 1. The first kappa shape index (κ1) is 15.7. The molecule has 0 aliphatic carbocycles. The van der Waals surface area contributed by atoms with Gasteiger partial charge in [0.05, 0.1) is 10.7 Å². The number of hydrogen-bond acceptors (Lipinski definition) is 3. The molecule has 1 unspecified atom stereocenters. The lowest BCUT2D eigenvalue weighted by atomic mass is 9.97. The second-order valence-corrected chi connectivity index (χ2v) is 7.05. The summed E-state index contributed by atoms with van der Waals surface area (Å²) in [6.45, 7) is 7.46. The summed E-state index contributed by atoms with van der Waals surface area (Å²) >= 11 is 5.31. The number of aromatic nitrogens is 1. The summed E-state index contributed by atoms with van der Waals surface area (Å²) in [7, 11) is 0. The minimum atomic E-state index is 0.328. The normalized spacial score (nSPS) is 12.6. The van der Waals surface area contributed by atoms with Gasteiger partial charge in [0.15, 0.2) is 0 Å². The monoisotopic (exact) mass is 352 g/mol. The maximum atomic E-state index is 4.60. The van der Waals surface area contributed by atoms with Crippen molar-refractivity contribution in [2.24, 2.45) is 0 Å². The second kappa shape index (κ2) is 7.34. The Labute approximate surface area is 133 Å². The van der Waals surface area contributed by atoms with Crippen LogP contribution in [-0.4, -0.2) is 11.5 Å². The Hall–Kier alpha value is -0.710. The van der Waals surface area contributed by atoms with Crippen molar-refractivity contribution in [3.8, 4) is 0 Å². The van der Waals surface area contributed by atoms with Crippen LogP contribution in [0, 0.1) is 13.8 Å². The van der Waals surface area contributed by atoms with Crippen LogP contribution in [0.4, 0.5) is 0 Å². The predicted molar refractivity (Wildman–Crippen MR) is 90.5 cm³/mol. The molecule has 0 saturated heterocycles. The summed E-state index contributed by atoms with van der Waals surface area (Å²) in [5.74, 6) is 0. The second-order valence-electron chi connectivity index (χ2n) is 5.07. The SMILES string of the molecule is CCCNC(Cc1csc(C)n1)c1cc(Br)ccc1C. The highest BCUT2D eigenvalue weighted by Gasteiger charge is 2.15. The molecule has 1 heterocycles. The molecule has 2 rings (SSSR count). The van der Waals surface area contributed by atoms with Crippen molar-refractivity contribution in [1.29, 1.82) is 0 Å². The van der Waals surface area contributed by atoms with Crippen LogP contribution < -0.4 is 5.32 Å². The molecule has 0 aliphatic rings. The molecule has 1 aromatic carbocycles. The van der Waals surface area contributed by atoms with Gasteiger partial charge >= 0.3 is 0 Å². The quantitative estimate of drug-likeness (QED) is 0.806. The van der Waals surface area contributed by atoms with Crippen molar-refractivity contribution in [2.75, 3.05) is 6.54 Å². The molecule has 1 atom stereocenters. The number of rotatable bonds is 6. The van der Waals surface area contributed by atoms with Gasteiger partial charge in [0.25, 0.3) is 0 Å². The summed E-state index contributed by atoms with van der Waals surface area (Å²) in [5, 5.41) is 6.96. The summed E-state index contributed by atoms with van der Waals surface area (Å²) < 4.78 is 1.14. The third kappa shape index (κ3) is 4.14. The number of nitrogens with zero attached hydrogens (tertiary/aromatic N) is 1. The first-order valence-electron chi connectivity index (χ1n) is 7.00. The van der Waals surface area contributed by atoms with E-state index in [-0.39, 0.29) is 0 Å². The van der Waals surface area contributed by atoms with Gasteiger partial charge in [-0.2, -0.15) is 0 Å². The van der Waals surface area contributed by atoms with E-state index in [1.165, 1.54) is 16.8 Å². The van der Waals surface area contributed by atoms with Gasteiger partial charge in [0.1, 0.15) is 0 Å². The van der Waals surface area contributed by atoms with Crippen LogP contribution in [0.2, 0.25) is 0 Å². The van der Waals surface area contributed by atoms with Crippen LogP contribution >= 0.6 is 27.3 Å². The standard InChI is InChI=1S/C16H21BrN2S/c1-4-7-18-16(9-14-10-20-12(3)19-14)15-8-13(17)6-5-11(15)2/h5-6,8,10,16,18H,4,7,9H2,1-3H3. The first-order valence-corrected chi connectivity index (χ1v) is 8.68. The van der Waals surface area contributed by atoms with E-state index in [0.717, 1.165) is 28.9 Å². The van der Waals surface area contributed by atoms with E-state index in [1.54, 1.807) is 11.3 Å². The lowest BCUT2D eigenvalue weighted by Gasteiger charge is -2.20. The third-order valence-corrected chi connectivity index (χ3v) is 4.65. The minimum absolute atomic E-state index is 0.328. The topological polar surface area (TPSA) is 24.9 Å². The Balaban J connectivity index is 2.24. The molecule has 0 aliphatic heterocycles. The fourth-order valence-corrected chi connectivity index (χ4v) is 3.31. The molecular weight excluding hydrogens is 332 g/mol. The third-order valence-electron chi connectivity index (χ3n) is 3.34. The summed E-state index contributed by atoms with van der Waals surface area (Å²) in [6.07, 6.45) is 2.08. The Kier molecular flexibility index (Phi) is 5.75. The van der Waals surface area contributed by atoms with Crippen molar-refractivity contribution in [1.82, 2.24) is 10.3 Å². The molecule has 0 fully saturated rings. The Morgan fingerprint density at radius 1 is 1.35 bits per heavy atom. The number of halogens is 1. The summed E-state index contributed by atoms with van der Waals surface area (Å²) in [5.41, 5.74) is 3.87. The summed E-state index contributed by atoms with van der Waals surface area (Å²) in [4.78, 5) is 4.60. The van der Waals surface area contributed by atoms with Crippen LogP contribution in [0.1, 0.15) is 41.2 Å². The number of aryl methyl sites for hydroxylation is 2. The highest BCUT2D eigenvalue weighted by Crippen LogP contribution is 2.25. The molecule has 4 heteroatoms. The maximum Gasteiger partial charge on any atom is 0.0897 e. The highest BCUT2D eigenvalue weighted by atomic mass is 79.9. The zero-order valence-electron chi connectivity index (χ0n) is 12.2. The van der Waals surface area contributed by atoms with Crippen LogP contribution in [0.25, 0.3) is 0 Å². The molecule has 0 radical (unpaired) electrons. The van der Waals surface area contributed by atoms with Gasteiger partial charge in [-0.25, -0.2) is 4.98 Å². The minimum Gasteiger partial charge on any atom is -0.310 e. The van der Waals surface area contributed by atoms with E-state index in [1.807, 2.05) is 0 Å². The highest BCUT2D eigenvalue weighted by molar-refractivity contribution is 9.10. The molecule has 0 saturated carbocycles. The smallest absolute Gasteiger partial charge is 0.0897 e. The predicted octanol–water partition coefficient (Wildman–Crippen LogP) is 4.81. The lowest BCUT2D eigenvalue weighted by Crippen LogP contribution is -2.25. The zero-order chi connectivity index (χ0) is 14.5. The fraction of sp³-hybridized carbons (Fsp3) is 0.438. The molecule has 0 spiro atoms. The van der Waals surface area contributed by atoms with Crippen LogP contribution in [0.15, 0.2) is 28.1 Å². The molecule has 2 aromatic rings. The number of hydrogen-bond donors (Lipinski definition) is 1. The van der Waals surface area contributed by atoms with Crippen molar-refractivity contribution < 1.29 is 0 Å². The molecule has 1 N–H and O–H groups in total. The van der Waals surface area contributed by atoms with Gasteiger partial charge in [-0.3, -0.25) is 0 Å². The number of thiazole rings is 1. The number of nitrogens with one attached hydrogen (secondary N) is 1. The van der Waals surface area contributed by atoms with Crippen molar-refractivity contribution in [2.45, 2.75) is 39.7 Å². The largest absolute Gasteiger partial charge is 0.310 e. The van der Waals surface area contributed by atoms with Gasteiger partial charge in [-0.15, -0.1) is 11.3 Å². The van der Waals surface area contributed by atoms with E-state index in [4.69, 9.17) is 0 Å². The Bertz CT molecular complexity index is 565. The molecule has 2 nitrogen and oxygen atoms in total. The molecule has 20 heavy (non-hydrogen) atoms. The van der Waals surface area contributed by atoms with Gasteiger partial charge in [0.2, 0.25) is 0 Å². The van der Waals surface area contributed by atoms with Crippen LogP contribution in [0.3, 0.4) is 0 Å². The molecule has 0 bridgehead atoms. The molecule has 108 valence electrons. The fourth-order valence-electron chi connectivity index (χ4n) is 2.31. The molecule has 0 amide bonds. The Morgan fingerprint density at radius 3 is 2.80 bits per heavy atom. The van der Waals surface area contributed by atoms with Gasteiger partial charge in [-0.05, 0) is 50.1 Å². The van der Waals surface area contributed by atoms with E-state index in [0.29, 0.717) is 6.04 Å². The first-order chi connectivity index (χ1) is 9.60. The van der Waals surface area contributed by atoms with Crippen molar-refractivity contribution >= 4 is 27.3 Å². The van der Waals surface area contributed by atoms with Crippen molar-refractivity contribution in [3.63, 3.8) is 0 Å². The van der Waals surface area contributed by atoms with Crippen LogP contribution in [-0.2, 0) is 6.42 Å². The average molecular weight is 353 g/mol. The van der Waals surface area contributed by atoms with E-state index in [2.05, 4.69) is 70.6 Å². The molecule has 1 aromatic heterocycles. The van der Waals surface area contributed by atoms with E-state index >= 15 is 0 Å². The van der Waals surface area contributed by atoms with E-state index < -0.39 is 0 Å². The maximum absolute atomic E-state index is 4.60. The van der Waals surface area contributed by atoms with E-state index in [9.17, 15) is 0 Å². The molecular formula is C16H21BrN2S. The zero-order valence-corrected chi connectivity index (χ0v) is 14.6. The summed E-state index contributed by atoms with van der Waals surface area (Å²) in [6, 6.07) is 6.82. The van der Waals surface area contributed by atoms with Crippen molar-refractivity contribution in [3.05, 3.63) is 49.9 Å².